The number of anilines is 1. The van der Waals surface area contributed by atoms with E-state index in [9.17, 15) is 19.7 Å². The topological polar surface area (TPSA) is 98.5 Å². The van der Waals surface area contributed by atoms with Gasteiger partial charge in [-0.1, -0.05) is 40.9 Å². The fourth-order valence-electron chi connectivity index (χ4n) is 1.89. The lowest BCUT2D eigenvalue weighted by atomic mass is 10.2. The van der Waals surface area contributed by atoms with E-state index in [0.717, 1.165) is 12.1 Å². The molecule has 0 aromatic heterocycles. The predicted octanol–water partition coefficient (Wildman–Crippen LogP) is 4.75. The number of ether oxygens (including phenoxy) is 1. The fourth-order valence-corrected chi connectivity index (χ4v) is 2.39. The SMILES string of the molecule is O=C(COC(=O)C=Cc1ccc(Cl)c(Cl)c1)Nc1ccc(Cl)c([N+](=O)[O-])c1. The van der Waals surface area contributed by atoms with Crippen LogP contribution in [0.3, 0.4) is 0 Å². The minimum Gasteiger partial charge on any atom is -0.452 e. The highest BCUT2D eigenvalue weighted by Gasteiger charge is 2.14. The Morgan fingerprint density at radius 1 is 1.07 bits per heavy atom. The van der Waals surface area contributed by atoms with E-state index < -0.39 is 23.4 Å². The van der Waals surface area contributed by atoms with Crippen molar-refractivity contribution in [2.75, 3.05) is 11.9 Å². The summed E-state index contributed by atoms with van der Waals surface area (Å²) >= 11 is 17.3. The summed E-state index contributed by atoms with van der Waals surface area (Å²) in [4.78, 5) is 33.6. The third-order valence-corrected chi connectivity index (χ3v) is 4.19. The molecular formula is C17H11Cl3N2O5. The van der Waals surface area contributed by atoms with Crippen LogP contribution in [-0.4, -0.2) is 23.4 Å². The van der Waals surface area contributed by atoms with E-state index >= 15 is 0 Å². The van der Waals surface area contributed by atoms with E-state index in [4.69, 9.17) is 39.5 Å². The van der Waals surface area contributed by atoms with Crippen molar-refractivity contribution in [2.24, 2.45) is 0 Å². The number of esters is 1. The van der Waals surface area contributed by atoms with Gasteiger partial charge in [0.05, 0.1) is 15.0 Å². The maximum Gasteiger partial charge on any atom is 0.331 e. The third-order valence-electron chi connectivity index (χ3n) is 3.13. The number of carbonyl (C=O) groups is 2. The highest BCUT2D eigenvalue weighted by molar-refractivity contribution is 6.42. The van der Waals surface area contributed by atoms with E-state index in [1.54, 1.807) is 18.2 Å². The molecule has 0 heterocycles. The number of amides is 1. The molecule has 0 saturated heterocycles. The van der Waals surface area contributed by atoms with Crippen LogP contribution in [0.5, 0.6) is 0 Å². The van der Waals surface area contributed by atoms with Crippen LogP contribution >= 0.6 is 34.8 Å². The van der Waals surface area contributed by atoms with Gasteiger partial charge in [0.1, 0.15) is 5.02 Å². The zero-order valence-corrected chi connectivity index (χ0v) is 15.7. The quantitative estimate of drug-likeness (QED) is 0.309. The molecule has 1 amide bonds. The molecule has 0 spiro atoms. The number of rotatable bonds is 6. The smallest absolute Gasteiger partial charge is 0.331 e. The molecule has 0 saturated carbocycles. The van der Waals surface area contributed by atoms with Crippen LogP contribution in [0.2, 0.25) is 15.1 Å². The lowest BCUT2D eigenvalue weighted by Crippen LogP contribution is -2.20. The van der Waals surface area contributed by atoms with Crippen LogP contribution in [0.1, 0.15) is 5.56 Å². The molecule has 27 heavy (non-hydrogen) atoms. The van der Waals surface area contributed by atoms with Gasteiger partial charge in [-0.2, -0.15) is 0 Å². The summed E-state index contributed by atoms with van der Waals surface area (Å²) in [6.45, 7) is -0.568. The summed E-state index contributed by atoms with van der Waals surface area (Å²) < 4.78 is 4.80. The predicted molar refractivity (Wildman–Crippen MR) is 103 cm³/mol. The van der Waals surface area contributed by atoms with Gasteiger partial charge < -0.3 is 10.1 Å². The Hall–Kier alpha value is -2.61. The molecule has 0 atom stereocenters. The second kappa shape index (κ2) is 9.36. The first-order chi connectivity index (χ1) is 12.8. The number of hydrogen-bond acceptors (Lipinski definition) is 5. The number of benzene rings is 2. The minimum atomic E-state index is -0.752. The van der Waals surface area contributed by atoms with Crippen LogP contribution in [-0.2, 0) is 14.3 Å². The molecule has 0 radical (unpaired) electrons. The summed E-state index contributed by atoms with van der Waals surface area (Å²) in [5.41, 5.74) is 0.425. The highest BCUT2D eigenvalue weighted by atomic mass is 35.5. The van der Waals surface area contributed by atoms with Gasteiger partial charge in [0.15, 0.2) is 6.61 Å². The number of nitrogens with zero attached hydrogens (tertiary/aromatic N) is 1. The minimum absolute atomic E-state index is 0.0585. The van der Waals surface area contributed by atoms with Crippen LogP contribution in [0.15, 0.2) is 42.5 Å². The molecule has 1 N–H and O–H groups in total. The van der Waals surface area contributed by atoms with E-state index in [1.807, 2.05) is 0 Å². The first kappa shape index (κ1) is 20.7. The van der Waals surface area contributed by atoms with Gasteiger partial charge >= 0.3 is 5.97 Å². The maximum absolute atomic E-state index is 11.8. The molecule has 0 aliphatic carbocycles. The molecule has 0 fully saturated rings. The average molecular weight is 430 g/mol. The van der Waals surface area contributed by atoms with E-state index in [2.05, 4.69) is 5.32 Å². The Morgan fingerprint density at radius 2 is 1.78 bits per heavy atom. The molecule has 2 aromatic rings. The Morgan fingerprint density at radius 3 is 2.44 bits per heavy atom. The van der Waals surface area contributed by atoms with Gasteiger partial charge in [-0.25, -0.2) is 4.79 Å². The number of nitro benzene ring substituents is 1. The molecule has 2 rings (SSSR count). The number of carbonyl (C=O) groups excluding carboxylic acids is 2. The van der Waals surface area contributed by atoms with Gasteiger partial charge in [0.25, 0.3) is 11.6 Å². The number of nitro groups is 1. The van der Waals surface area contributed by atoms with Crippen LogP contribution in [0, 0.1) is 10.1 Å². The summed E-state index contributed by atoms with van der Waals surface area (Å²) in [6.07, 6.45) is 2.57. The van der Waals surface area contributed by atoms with Crippen LogP contribution in [0.25, 0.3) is 6.08 Å². The van der Waals surface area contributed by atoms with Gasteiger partial charge in [-0.3, -0.25) is 14.9 Å². The summed E-state index contributed by atoms with van der Waals surface area (Å²) in [7, 11) is 0. The fraction of sp³-hybridized carbons (Fsp3) is 0.0588. The van der Waals surface area contributed by atoms with Crippen molar-refractivity contribution >= 4 is 64.1 Å². The molecule has 0 unspecified atom stereocenters. The molecule has 7 nitrogen and oxygen atoms in total. The maximum atomic E-state index is 11.8. The van der Waals surface area contributed by atoms with Gasteiger partial charge in [0.2, 0.25) is 0 Å². The Bertz CT molecular complexity index is 931. The van der Waals surface area contributed by atoms with E-state index in [-0.39, 0.29) is 16.4 Å². The Kier molecular flexibility index (Phi) is 7.18. The molecule has 2 aromatic carbocycles. The van der Waals surface area contributed by atoms with Crippen molar-refractivity contribution in [3.05, 3.63) is 73.2 Å². The summed E-state index contributed by atoms with van der Waals surface area (Å²) in [5, 5.41) is 13.9. The zero-order chi connectivity index (χ0) is 20.0. The average Bonchev–Trinajstić information content (AvgIpc) is 2.62. The molecule has 10 heteroatoms. The van der Waals surface area contributed by atoms with Crippen molar-refractivity contribution < 1.29 is 19.2 Å². The van der Waals surface area contributed by atoms with E-state index in [1.165, 1.54) is 18.2 Å². The van der Waals surface area contributed by atoms with Gasteiger partial charge in [-0.15, -0.1) is 0 Å². The van der Waals surface area contributed by atoms with Gasteiger partial charge in [-0.05, 0) is 35.9 Å². The first-order valence-electron chi connectivity index (χ1n) is 7.30. The first-order valence-corrected chi connectivity index (χ1v) is 8.43. The summed E-state index contributed by atoms with van der Waals surface area (Å²) in [5.74, 6) is -1.42. The van der Waals surface area contributed by atoms with Crippen LogP contribution < -0.4 is 5.32 Å². The van der Waals surface area contributed by atoms with Crippen molar-refractivity contribution in [3.8, 4) is 0 Å². The zero-order valence-electron chi connectivity index (χ0n) is 13.4. The molecule has 0 aliphatic heterocycles. The van der Waals surface area contributed by atoms with Crippen molar-refractivity contribution in [1.29, 1.82) is 0 Å². The Labute approximate surface area is 168 Å². The standard InChI is InChI=1S/C17H11Cl3N2O5/c18-12-4-1-10(7-14(12)20)2-6-17(24)27-9-16(23)21-11-3-5-13(19)15(8-11)22(25)26/h1-8H,9H2,(H,21,23). The van der Waals surface area contributed by atoms with Crippen molar-refractivity contribution in [2.45, 2.75) is 0 Å². The molecule has 140 valence electrons. The lowest BCUT2D eigenvalue weighted by Gasteiger charge is -2.06. The largest absolute Gasteiger partial charge is 0.452 e. The number of nitrogens with one attached hydrogen (secondary N) is 1. The van der Waals surface area contributed by atoms with Gasteiger partial charge in [0, 0.05) is 17.8 Å². The van der Waals surface area contributed by atoms with Crippen molar-refractivity contribution in [1.82, 2.24) is 0 Å². The monoisotopic (exact) mass is 428 g/mol. The lowest BCUT2D eigenvalue weighted by molar-refractivity contribution is -0.384. The molecule has 0 aliphatic rings. The second-order valence-electron chi connectivity index (χ2n) is 5.09. The second-order valence-corrected chi connectivity index (χ2v) is 6.31. The van der Waals surface area contributed by atoms with Crippen molar-refractivity contribution in [3.63, 3.8) is 0 Å². The Balaban J connectivity index is 1.88. The normalized spacial score (nSPS) is 10.6. The summed E-state index contributed by atoms with van der Waals surface area (Å²) in [6, 6.07) is 8.56. The molecular weight excluding hydrogens is 419 g/mol. The van der Waals surface area contributed by atoms with Crippen LogP contribution in [0.4, 0.5) is 11.4 Å². The highest BCUT2D eigenvalue weighted by Crippen LogP contribution is 2.27. The third kappa shape index (κ3) is 6.25. The number of halogens is 3. The number of hydrogen-bond donors (Lipinski definition) is 1. The van der Waals surface area contributed by atoms with E-state index in [0.29, 0.717) is 15.6 Å². The molecule has 0 bridgehead atoms.